The van der Waals surface area contributed by atoms with Crippen molar-refractivity contribution in [3.8, 4) is 0 Å². The van der Waals surface area contributed by atoms with Crippen molar-refractivity contribution in [1.29, 1.82) is 0 Å². The average molecular weight is 301 g/mol. The number of aryl methyl sites for hydroxylation is 1. The van der Waals surface area contributed by atoms with Gasteiger partial charge in [-0.1, -0.05) is 31.4 Å². The fraction of sp³-hybridized carbons (Fsp3) is 0.632. The van der Waals surface area contributed by atoms with Gasteiger partial charge in [0.25, 0.3) is 0 Å². The number of nitrogens with zero attached hydrogens (tertiary/aromatic N) is 1. The van der Waals surface area contributed by atoms with E-state index in [0.717, 1.165) is 43.5 Å². The molecule has 0 aromatic heterocycles. The minimum atomic E-state index is -0.348. The third-order valence-corrected chi connectivity index (χ3v) is 5.29. The first-order valence-corrected chi connectivity index (χ1v) is 8.82. The molecule has 0 bridgehead atoms. The van der Waals surface area contributed by atoms with Crippen molar-refractivity contribution in [3.05, 3.63) is 29.3 Å². The van der Waals surface area contributed by atoms with Gasteiger partial charge in [0.15, 0.2) is 0 Å². The van der Waals surface area contributed by atoms with Gasteiger partial charge in [0.1, 0.15) is 0 Å². The lowest BCUT2D eigenvalue weighted by atomic mass is 9.82. The highest BCUT2D eigenvalue weighted by atomic mass is 16.3. The molecule has 0 radical (unpaired) electrons. The van der Waals surface area contributed by atoms with E-state index in [-0.39, 0.29) is 12.0 Å². The smallest absolute Gasteiger partial charge is 0.226 e. The van der Waals surface area contributed by atoms with Gasteiger partial charge in [0.05, 0.1) is 6.10 Å². The predicted octanol–water partition coefficient (Wildman–Crippen LogP) is 3.99. The molecule has 1 saturated carbocycles. The Hall–Kier alpha value is -1.35. The Bertz CT molecular complexity index is 534. The van der Waals surface area contributed by atoms with Crippen LogP contribution < -0.4 is 4.90 Å². The first-order chi connectivity index (χ1) is 10.7. The molecule has 1 amide bonds. The molecule has 0 spiro atoms. The van der Waals surface area contributed by atoms with E-state index in [1.807, 2.05) is 24.0 Å². The summed E-state index contributed by atoms with van der Waals surface area (Å²) in [6, 6.07) is 6.22. The Labute approximate surface area is 133 Å². The lowest BCUT2D eigenvalue weighted by Gasteiger charge is -2.28. The van der Waals surface area contributed by atoms with Crippen LogP contribution in [0.1, 0.15) is 69.1 Å². The van der Waals surface area contributed by atoms with Gasteiger partial charge in [0, 0.05) is 18.7 Å². The van der Waals surface area contributed by atoms with Gasteiger partial charge in [-0.2, -0.15) is 0 Å². The number of hydrogen-bond acceptors (Lipinski definition) is 2. The first kappa shape index (κ1) is 15.5. The minimum absolute atomic E-state index is 0.224. The van der Waals surface area contributed by atoms with Crippen molar-refractivity contribution in [3.63, 3.8) is 0 Å². The van der Waals surface area contributed by atoms with Gasteiger partial charge in [0.2, 0.25) is 5.91 Å². The lowest BCUT2D eigenvalue weighted by Crippen LogP contribution is -2.29. The number of benzene rings is 1. The van der Waals surface area contributed by atoms with Crippen LogP contribution in [0.5, 0.6) is 0 Å². The normalized spacial score (nSPS) is 21.4. The molecule has 1 aliphatic carbocycles. The molecule has 0 saturated heterocycles. The predicted molar refractivity (Wildman–Crippen MR) is 88.9 cm³/mol. The van der Waals surface area contributed by atoms with Crippen molar-refractivity contribution < 1.29 is 9.90 Å². The van der Waals surface area contributed by atoms with E-state index in [1.165, 1.54) is 24.8 Å². The molecule has 1 N–H and O–H groups in total. The second-order valence-electron chi connectivity index (χ2n) is 6.72. The van der Waals surface area contributed by atoms with Crippen LogP contribution in [0.4, 0.5) is 5.69 Å². The molecular weight excluding hydrogens is 274 g/mol. The molecule has 3 heteroatoms. The monoisotopic (exact) mass is 301 g/mol. The lowest BCUT2D eigenvalue weighted by molar-refractivity contribution is -0.118. The molecule has 1 unspecified atom stereocenters. The zero-order valence-electron chi connectivity index (χ0n) is 13.6. The van der Waals surface area contributed by atoms with E-state index < -0.39 is 0 Å². The molecule has 1 aromatic rings. The van der Waals surface area contributed by atoms with Crippen LogP contribution in [-0.4, -0.2) is 17.6 Å². The highest BCUT2D eigenvalue weighted by Gasteiger charge is 2.25. The Morgan fingerprint density at radius 2 is 1.95 bits per heavy atom. The zero-order valence-corrected chi connectivity index (χ0v) is 13.6. The van der Waals surface area contributed by atoms with Crippen LogP contribution in [0.3, 0.4) is 0 Å². The van der Waals surface area contributed by atoms with Crippen molar-refractivity contribution >= 4 is 11.6 Å². The van der Waals surface area contributed by atoms with E-state index in [1.54, 1.807) is 0 Å². The Balaban J connectivity index is 1.86. The van der Waals surface area contributed by atoms with Crippen molar-refractivity contribution in [2.24, 2.45) is 5.92 Å². The SMILES string of the molecule is CCN1C(=O)CCCc2cc(C(O)C3CCCCC3)ccc21. The summed E-state index contributed by atoms with van der Waals surface area (Å²) < 4.78 is 0. The largest absolute Gasteiger partial charge is 0.388 e. The van der Waals surface area contributed by atoms with Crippen LogP contribution in [-0.2, 0) is 11.2 Å². The Morgan fingerprint density at radius 1 is 1.18 bits per heavy atom. The molecule has 120 valence electrons. The molecule has 2 aliphatic rings. The van der Waals surface area contributed by atoms with Crippen LogP contribution in [0.15, 0.2) is 18.2 Å². The minimum Gasteiger partial charge on any atom is -0.388 e. The standard InChI is InChI=1S/C19H27NO2/c1-2-20-17-12-11-16(13-15(17)9-6-10-18(20)21)19(22)14-7-4-3-5-8-14/h11-14,19,22H,2-10H2,1H3. The molecule has 1 aromatic carbocycles. The molecule has 1 atom stereocenters. The van der Waals surface area contributed by atoms with Gasteiger partial charge in [-0.25, -0.2) is 0 Å². The number of carbonyl (C=O) groups excluding carboxylic acids is 1. The fourth-order valence-electron chi connectivity index (χ4n) is 4.02. The maximum Gasteiger partial charge on any atom is 0.226 e. The number of aliphatic hydroxyl groups is 1. The first-order valence-electron chi connectivity index (χ1n) is 8.82. The summed E-state index contributed by atoms with van der Waals surface area (Å²) in [6.07, 6.45) is 8.18. The van der Waals surface area contributed by atoms with Gasteiger partial charge < -0.3 is 10.0 Å². The van der Waals surface area contributed by atoms with Crippen LogP contribution in [0.25, 0.3) is 0 Å². The van der Waals surface area contributed by atoms with Crippen LogP contribution in [0.2, 0.25) is 0 Å². The number of hydrogen-bond donors (Lipinski definition) is 1. The van der Waals surface area contributed by atoms with E-state index in [2.05, 4.69) is 6.07 Å². The topological polar surface area (TPSA) is 40.5 Å². The molecular formula is C19H27NO2. The van der Waals surface area contributed by atoms with E-state index in [9.17, 15) is 9.90 Å². The van der Waals surface area contributed by atoms with Crippen LogP contribution >= 0.6 is 0 Å². The van der Waals surface area contributed by atoms with E-state index in [0.29, 0.717) is 12.3 Å². The van der Waals surface area contributed by atoms with Gasteiger partial charge >= 0.3 is 0 Å². The molecule has 1 fully saturated rings. The quantitative estimate of drug-likeness (QED) is 0.917. The Morgan fingerprint density at radius 3 is 2.68 bits per heavy atom. The molecule has 3 rings (SSSR count). The second kappa shape index (κ2) is 6.82. The summed E-state index contributed by atoms with van der Waals surface area (Å²) in [4.78, 5) is 14.0. The number of fused-ring (bicyclic) bond motifs is 1. The fourth-order valence-corrected chi connectivity index (χ4v) is 4.02. The number of anilines is 1. The highest BCUT2D eigenvalue weighted by molar-refractivity contribution is 5.94. The molecule has 3 nitrogen and oxygen atoms in total. The summed E-state index contributed by atoms with van der Waals surface area (Å²) in [5, 5.41) is 10.7. The number of amides is 1. The number of rotatable bonds is 3. The highest BCUT2D eigenvalue weighted by Crippen LogP contribution is 2.36. The van der Waals surface area contributed by atoms with Gasteiger partial charge in [-0.15, -0.1) is 0 Å². The molecule has 1 aliphatic heterocycles. The van der Waals surface area contributed by atoms with Gasteiger partial charge in [-0.3, -0.25) is 4.79 Å². The van der Waals surface area contributed by atoms with Gasteiger partial charge in [-0.05, 0) is 55.7 Å². The second-order valence-corrected chi connectivity index (χ2v) is 6.72. The van der Waals surface area contributed by atoms with Crippen molar-refractivity contribution in [2.75, 3.05) is 11.4 Å². The van der Waals surface area contributed by atoms with Crippen molar-refractivity contribution in [1.82, 2.24) is 0 Å². The summed E-state index contributed by atoms with van der Waals surface area (Å²) >= 11 is 0. The summed E-state index contributed by atoms with van der Waals surface area (Å²) in [7, 11) is 0. The Kier molecular flexibility index (Phi) is 4.82. The van der Waals surface area contributed by atoms with E-state index >= 15 is 0 Å². The number of carbonyl (C=O) groups is 1. The zero-order chi connectivity index (χ0) is 15.5. The maximum absolute atomic E-state index is 12.2. The summed E-state index contributed by atoms with van der Waals surface area (Å²) in [6.45, 7) is 2.74. The number of aliphatic hydroxyl groups excluding tert-OH is 1. The molecule has 1 heterocycles. The van der Waals surface area contributed by atoms with Crippen LogP contribution in [0, 0.1) is 5.92 Å². The average Bonchev–Trinajstić information content (AvgIpc) is 2.72. The van der Waals surface area contributed by atoms with Crippen molar-refractivity contribution in [2.45, 2.75) is 64.4 Å². The van der Waals surface area contributed by atoms with E-state index in [4.69, 9.17) is 0 Å². The third kappa shape index (κ3) is 3.05. The third-order valence-electron chi connectivity index (χ3n) is 5.29. The summed E-state index contributed by atoms with van der Waals surface area (Å²) in [5.41, 5.74) is 3.31. The maximum atomic E-state index is 12.2. The summed E-state index contributed by atoms with van der Waals surface area (Å²) in [5.74, 6) is 0.628. The molecule has 22 heavy (non-hydrogen) atoms.